The Hall–Kier alpha value is -2.97. The molecular formula is C25H22ClFN4O2S. The van der Waals surface area contributed by atoms with Crippen molar-refractivity contribution in [1.29, 1.82) is 0 Å². The van der Waals surface area contributed by atoms with Gasteiger partial charge in [-0.3, -0.25) is 9.59 Å². The molecule has 3 aromatic rings. The second-order valence-corrected chi connectivity index (χ2v) is 10.7. The Balaban J connectivity index is 1.47. The summed E-state index contributed by atoms with van der Waals surface area (Å²) >= 11 is 7.48. The van der Waals surface area contributed by atoms with Gasteiger partial charge in [0.05, 0.1) is 5.75 Å². The summed E-state index contributed by atoms with van der Waals surface area (Å²) in [6.07, 6.45) is 1.16. The summed E-state index contributed by atoms with van der Waals surface area (Å²) in [4.78, 5) is 30.4. The van der Waals surface area contributed by atoms with Crippen LogP contribution in [0.15, 0.2) is 65.0 Å². The molecule has 174 valence electrons. The molecule has 0 fully saturated rings. The molecule has 6 nitrogen and oxygen atoms in total. The van der Waals surface area contributed by atoms with Crippen LogP contribution in [0.3, 0.4) is 0 Å². The highest BCUT2D eigenvalue weighted by Crippen LogP contribution is 2.45. The number of nitrogens with one attached hydrogen (secondary N) is 1. The number of halogens is 2. The molecule has 1 atom stereocenters. The van der Waals surface area contributed by atoms with E-state index >= 15 is 0 Å². The van der Waals surface area contributed by atoms with Crippen molar-refractivity contribution in [1.82, 2.24) is 14.8 Å². The van der Waals surface area contributed by atoms with Gasteiger partial charge in [0.25, 0.3) is 0 Å². The lowest BCUT2D eigenvalue weighted by Crippen LogP contribution is -2.36. The summed E-state index contributed by atoms with van der Waals surface area (Å²) < 4.78 is 14.9. The van der Waals surface area contributed by atoms with Gasteiger partial charge < -0.3 is 5.32 Å². The molecule has 1 aliphatic heterocycles. The van der Waals surface area contributed by atoms with Crippen molar-refractivity contribution < 1.29 is 14.0 Å². The summed E-state index contributed by atoms with van der Waals surface area (Å²) in [5, 5.41) is 8.95. The molecule has 2 heterocycles. The summed E-state index contributed by atoms with van der Waals surface area (Å²) in [6.45, 7) is 4.15. The largest absolute Gasteiger partial charge is 0.328 e. The number of benzene rings is 2. The zero-order chi connectivity index (χ0) is 24.0. The zero-order valence-corrected chi connectivity index (χ0v) is 20.2. The van der Waals surface area contributed by atoms with E-state index in [1.165, 1.54) is 36.0 Å². The molecule has 0 unspecified atom stereocenters. The number of hydrogen-bond donors (Lipinski definition) is 1. The van der Waals surface area contributed by atoms with Gasteiger partial charge in [-0.2, -0.15) is 4.98 Å². The first-order valence-electron chi connectivity index (χ1n) is 10.9. The number of carbonyl (C=O) groups is 2. The summed E-state index contributed by atoms with van der Waals surface area (Å²) in [6, 6.07) is 12.4. The molecule has 9 heteroatoms. The second kappa shape index (κ2) is 8.67. The summed E-state index contributed by atoms with van der Waals surface area (Å²) in [7, 11) is 0. The van der Waals surface area contributed by atoms with E-state index in [0.717, 1.165) is 11.3 Å². The normalized spacial score (nSPS) is 18.8. The number of allylic oxidation sites excluding steroid dienone is 2. The van der Waals surface area contributed by atoms with E-state index in [-0.39, 0.29) is 28.6 Å². The predicted octanol–water partition coefficient (Wildman–Crippen LogP) is 5.70. The minimum Gasteiger partial charge on any atom is -0.328 e. The van der Waals surface area contributed by atoms with Crippen LogP contribution in [0.4, 0.5) is 10.3 Å². The first-order valence-corrected chi connectivity index (χ1v) is 12.2. The zero-order valence-electron chi connectivity index (χ0n) is 18.6. The van der Waals surface area contributed by atoms with Gasteiger partial charge in [-0.05, 0) is 53.8 Å². The Kier molecular flexibility index (Phi) is 5.81. The highest BCUT2D eigenvalue weighted by atomic mass is 35.5. The summed E-state index contributed by atoms with van der Waals surface area (Å²) in [5.74, 6) is 0.165. The van der Waals surface area contributed by atoms with E-state index in [1.807, 2.05) is 18.2 Å². The lowest BCUT2D eigenvalue weighted by Gasteiger charge is -2.38. The van der Waals surface area contributed by atoms with Gasteiger partial charge in [0.15, 0.2) is 11.6 Å². The van der Waals surface area contributed by atoms with Crippen molar-refractivity contribution in [2.45, 2.75) is 37.9 Å². The molecule has 2 aromatic carbocycles. The average molecular weight is 497 g/mol. The summed E-state index contributed by atoms with van der Waals surface area (Å²) in [5.41, 5.74) is 2.64. The van der Waals surface area contributed by atoms with Crippen molar-refractivity contribution in [2.24, 2.45) is 5.41 Å². The minimum atomic E-state index is -0.455. The van der Waals surface area contributed by atoms with Crippen molar-refractivity contribution in [3.63, 3.8) is 0 Å². The topological polar surface area (TPSA) is 76.9 Å². The molecule has 34 heavy (non-hydrogen) atoms. The van der Waals surface area contributed by atoms with E-state index in [4.69, 9.17) is 11.6 Å². The minimum absolute atomic E-state index is 0.0746. The Morgan fingerprint density at radius 3 is 2.74 bits per heavy atom. The van der Waals surface area contributed by atoms with Gasteiger partial charge >= 0.3 is 0 Å². The maximum absolute atomic E-state index is 13.3. The van der Waals surface area contributed by atoms with Gasteiger partial charge in [-0.15, -0.1) is 5.10 Å². The third-order valence-corrected chi connectivity index (χ3v) is 7.05. The molecule has 2 aliphatic rings. The fourth-order valence-corrected chi connectivity index (χ4v) is 5.41. The number of aromatic nitrogens is 3. The van der Waals surface area contributed by atoms with E-state index < -0.39 is 6.04 Å². The van der Waals surface area contributed by atoms with Crippen LogP contribution in [-0.4, -0.2) is 32.1 Å². The van der Waals surface area contributed by atoms with Crippen LogP contribution in [-0.2, 0) is 4.79 Å². The van der Waals surface area contributed by atoms with Crippen molar-refractivity contribution in [3.8, 4) is 0 Å². The number of nitrogens with zero attached hydrogens (tertiary/aromatic N) is 3. The van der Waals surface area contributed by atoms with Crippen LogP contribution in [0, 0.1) is 11.2 Å². The molecule has 1 aliphatic carbocycles. The van der Waals surface area contributed by atoms with Gasteiger partial charge in [-0.1, -0.05) is 49.3 Å². The van der Waals surface area contributed by atoms with E-state index in [9.17, 15) is 14.0 Å². The maximum Gasteiger partial charge on any atom is 0.227 e. The highest BCUT2D eigenvalue weighted by molar-refractivity contribution is 7.99. The Bertz CT molecular complexity index is 1330. The molecule has 0 bridgehead atoms. The molecule has 0 saturated heterocycles. The third kappa shape index (κ3) is 4.40. The van der Waals surface area contributed by atoms with Crippen LogP contribution < -0.4 is 5.32 Å². The number of rotatable bonds is 5. The number of anilines is 1. The first kappa shape index (κ1) is 22.8. The Morgan fingerprint density at radius 1 is 1.24 bits per heavy atom. The SMILES string of the molecule is CC1(C)CC(=O)C2=C(C1)Nc1nc(SCC(=O)c3ccc(F)cc3)nn1[C@@H]2c1cccc(Cl)c1. The van der Waals surface area contributed by atoms with Crippen molar-refractivity contribution in [3.05, 3.63) is 81.8 Å². The van der Waals surface area contributed by atoms with E-state index in [0.29, 0.717) is 40.1 Å². The number of thioether (sulfide) groups is 1. The van der Waals surface area contributed by atoms with Crippen molar-refractivity contribution in [2.75, 3.05) is 11.1 Å². The fourth-order valence-electron chi connectivity index (χ4n) is 4.48. The molecule has 0 amide bonds. The number of ketones is 2. The first-order chi connectivity index (χ1) is 16.2. The molecule has 0 radical (unpaired) electrons. The number of carbonyl (C=O) groups excluding carboxylic acids is 2. The van der Waals surface area contributed by atoms with Gasteiger partial charge in [0.2, 0.25) is 11.1 Å². The second-order valence-electron chi connectivity index (χ2n) is 9.30. The quantitative estimate of drug-likeness (QED) is 0.360. The van der Waals surface area contributed by atoms with Crippen LogP contribution in [0.2, 0.25) is 5.02 Å². The molecule has 5 rings (SSSR count). The molecule has 0 spiro atoms. The third-order valence-electron chi connectivity index (χ3n) is 5.98. The maximum atomic E-state index is 13.3. The van der Waals surface area contributed by atoms with E-state index in [2.05, 4.69) is 29.2 Å². The molecule has 0 saturated carbocycles. The smallest absolute Gasteiger partial charge is 0.227 e. The van der Waals surface area contributed by atoms with Crippen LogP contribution in [0.1, 0.15) is 48.7 Å². The predicted molar refractivity (Wildman–Crippen MR) is 130 cm³/mol. The lowest BCUT2D eigenvalue weighted by molar-refractivity contribution is -0.118. The van der Waals surface area contributed by atoms with Gasteiger partial charge in [0, 0.05) is 28.3 Å². The van der Waals surface area contributed by atoms with Crippen LogP contribution in [0.25, 0.3) is 0 Å². The lowest BCUT2D eigenvalue weighted by atomic mass is 9.73. The number of Topliss-reactive ketones (excluding diaryl/α,β-unsaturated/α-hetero) is 2. The highest BCUT2D eigenvalue weighted by Gasteiger charge is 2.42. The van der Waals surface area contributed by atoms with E-state index in [1.54, 1.807) is 10.7 Å². The molecule has 1 N–H and O–H groups in total. The Labute approximate surface area is 205 Å². The fraction of sp³-hybridized carbons (Fsp3) is 0.280. The van der Waals surface area contributed by atoms with Gasteiger partial charge in [0.1, 0.15) is 11.9 Å². The molecular weight excluding hydrogens is 475 g/mol. The molecule has 1 aromatic heterocycles. The number of fused-ring (bicyclic) bond motifs is 1. The number of hydrogen-bond acceptors (Lipinski definition) is 6. The van der Waals surface area contributed by atoms with Gasteiger partial charge in [-0.25, -0.2) is 9.07 Å². The standard InChI is InChI=1S/C25H22ClFN4O2S/c1-25(2)11-18-21(19(32)12-25)22(15-4-3-5-16(26)10-15)31-23(28-18)29-24(30-31)34-13-20(33)14-6-8-17(27)9-7-14/h3-10,22H,11-13H2,1-2H3,(H,28,29,30)/t22-/m1/s1. The monoisotopic (exact) mass is 496 g/mol. The van der Waals surface area contributed by atoms with Crippen LogP contribution >= 0.6 is 23.4 Å². The average Bonchev–Trinajstić information content (AvgIpc) is 3.18. The Morgan fingerprint density at radius 2 is 2.00 bits per heavy atom. The van der Waals surface area contributed by atoms with Crippen LogP contribution in [0.5, 0.6) is 0 Å². The van der Waals surface area contributed by atoms with Crippen molar-refractivity contribution >= 4 is 40.9 Å².